The van der Waals surface area contributed by atoms with Crippen LogP contribution in [-0.2, 0) is 30.4 Å². The Labute approximate surface area is 191 Å². The number of ether oxygens (including phenoxy) is 1. The molecule has 0 aromatic heterocycles. The summed E-state index contributed by atoms with van der Waals surface area (Å²) in [5, 5.41) is 6.69. The van der Waals surface area contributed by atoms with Gasteiger partial charge in [-0.15, -0.1) is 0 Å². The molecule has 8 heteroatoms. The summed E-state index contributed by atoms with van der Waals surface area (Å²) in [6.45, 7) is 5.05. The van der Waals surface area contributed by atoms with Crippen molar-refractivity contribution < 1.29 is 24.0 Å². The molecule has 1 fully saturated rings. The quantitative estimate of drug-likeness (QED) is 0.480. The topological polar surface area (TPSA) is 97.0 Å². The van der Waals surface area contributed by atoms with Gasteiger partial charge >= 0.3 is 0 Å². The number of aryl methyl sites for hydroxylation is 1. The number of carbonyl (C=O) groups excluding carboxylic acids is 3. The van der Waals surface area contributed by atoms with Crippen LogP contribution in [-0.4, -0.2) is 55.3 Å². The number of nitrogens with zero attached hydrogens (tertiary/aromatic N) is 1. The average molecular weight is 448 g/mol. The molecule has 2 N–H and O–H groups in total. The maximum Gasteiger partial charge on any atom is 0.246 e. The molecule has 8 nitrogen and oxygen atoms in total. The highest BCUT2D eigenvalue weighted by molar-refractivity contribution is 5.89. The molecule has 1 aliphatic rings. The number of hydroxylamine groups is 2. The van der Waals surface area contributed by atoms with Crippen molar-refractivity contribution in [2.45, 2.75) is 71.1 Å². The molecule has 1 saturated heterocycles. The van der Waals surface area contributed by atoms with E-state index in [9.17, 15) is 14.4 Å². The summed E-state index contributed by atoms with van der Waals surface area (Å²) in [4.78, 5) is 43.2. The zero-order valence-corrected chi connectivity index (χ0v) is 19.5. The van der Waals surface area contributed by atoms with Gasteiger partial charge in [0.15, 0.2) is 6.29 Å². The molecular formula is C24H37N3O5. The van der Waals surface area contributed by atoms with E-state index >= 15 is 0 Å². The molecule has 1 aliphatic heterocycles. The van der Waals surface area contributed by atoms with Crippen molar-refractivity contribution in [2.75, 3.05) is 20.2 Å². The molecule has 32 heavy (non-hydrogen) atoms. The molecule has 2 rings (SSSR count). The highest BCUT2D eigenvalue weighted by Crippen LogP contribution is 2.17. The molecule has 0 saturated carbocycles. The predicted molar refractivity (Wildman–Crippen MR) is 121 cm³/mol. The molecule has 178 valence electrons. The molecule has 3 amide bonds. The van der Waals surface area contributed by atoms with Crippen LogP contribution >= 0.6 is 0 Å². The van der Waals surface area contributed by atoms with E-state index in [4.69, 9.17) is 9.57 Å². The van der Waals surface area contributed by atoms with Crippen molar-refractivity contribution in [1.29, 1.82) is 0 Å². The summed E-state index contributed by atoms with van der Waals surface area (Å²) in [7, 11) is 1.54. The van der Waals surface area contributed by atoms with E-state index in [1.54, 1.807) is 7.05 Å². The van der Waals surface area contributed by atoms with E-state index in [1.807, 2.05) is 44.2 Å². The number of hydrogen-bond acceptors (Lipinski definition) is 5. The van der Waals surface area contributed by atoms with Crippen molar-refractivity contribution in [1.82, 2.24) is 15.7 Å². The Bertz CT molecular complexity index is 720. The second-order valence-electron chi connectivity index (χ2n) is 8.51. The smallest absolute Gasteiger partial charge is 0.246 e. The molecule has 1 aromatic carbocycles. The number of amides is 3. The van der Waals surface area contributed by atoms with Crippen LogP contribution in [0.2, 0.25) is 0 Å². The average Bonchev–Trinajstić information content (AvgIpc) is 2.80. The van der Waals surface area contributed by atoms with Crippen LogP contribution in [0.3, 0.4) is 0 Å². The summed E-state index contributed by atoms with van der Waals surface area (Å²) in [6.07, 6.45) is 3.45. The summed E-state index contributed by atoms with van der Waals surface area (Å²) in [5.41, 5.74) is 1.09. The van der Waals surface area contributed by atoms with Crippen LogP contribution in [0.5, 0.6) is 0 Å². The highest BCUT2D eigenvalue weighted by atomic mass is 16.8. The van der Waals surface area contributed by atoms with Crippen LogP contribution in [0.1, 0.15) is 57.9 Å². The Morgan fingerprint density at radius 3 is 2.53 bits per heavy atom. The van der Waals surface area contributed by atoms with E-state index in [-0.39, 0.29) is 36.5 Å². The van der Waals surface area contributed by atoms with Gasteiger partial charge in [0.25, 0.3) is 0 Å². The summed E-state index contributed by atoms with van der Waals surface area (Å²) in [6, 6.07) is 9.14. The van der Waals surface area contributed by atoms with Crippen LogP contribution in [0.4, 0.5) is 0 Å². The number of rotatable bonds is 12. The molecule has 2 atom stereocenters. The number of benzene rings is 1. The molecule has 0 aliphatic carbocycles. The Kier molecular flexibility index (Phi) is 11.2. The summed E-state index contributed by atoms with van der Waals surface area (Å²) in [5.74, 6) is -0.631. The van der Waals surface area contributed by atoms with E-state index in [0.29, 0.717) is 26.0 Å². The van der Waals surface area contributed by atoms with Gasteiger partial charge in [0, 0.05) is 32.9 Å². The SMILES string of the molecule is CNC(=O)[C@H](CCc1ccccc1)NC(=O)CCC(=O)N(CC(C)C)OC1CCCCO1. The summed E-state index contributed by atoms with van der Waals surface area (Å²) >= 11 is 0. The minimum absolute atomic E-state index is 0.00439. The Balaban J connectivity index is 1.85. The normalized spacial score (nSPS) is 16.9. The monoisotopic (exact) mass is 447 g/mol. The van der Waals surface area contributed by atoms with Gasteiger partial charge in [-0.2, -0.15) is 0 Å². The third-order valence-electron chi connectivity index (χ3n) is 5.22. The fraction of sp³-hybridized carbons (Fsp3) is 0.625. The van der Waals surface area contributed by atoms with Gasteiger partial charge in [-0.1, -0.05) is 44.2 Å². The second-order valence-corrected chi connectivity index (χ2v) is 8.51. The number of hydrogen-bond donors (Lipinski definition) is 2. The first-order valence-electron chi connectivity index (χ1n) is 11.5. The Morgan fingerprint density at radius 2 is 1.91 bits per heavy atom. The lowest BCUT2D eigenvalue weighted by Gasteiger charge is -2.30. The molecule has 0 spiro atoms. The van der Waals surface area contributed by atoms with Crippen LogP contribution < -0.4 is 10.6 Å². The highest BCUT2D eigenvalue weighted by Gasteiger charge is 2.25. The molecule has 0 bridgehead atoms. The largest absolute Gasteiger partial charge is 0.357 e. The fourth-order valence-electron chi connectivity index (χ4n) is 3.48. The van der Waals surface area contributed by atoms with Crippen molar-refractivity contribution in [3.05, 3.63) is 35.9 Å². The van der Waals surface area contributed by atoms with E-state index in [1.165, 1.54) is 5.06 Å². The first kappa shape index (κ1) is 25.8. The van der Waals surface area contributed by atoms with Gasteiger partial charge in [-0.3, -0.25) is 14.4 Å². The maximum absolute atomic E-state index is 12.7. The van der Waals surface area contributed by atoms with Crippen LogP contribution in [0, 0.1) is 5.92 Å². The second kappa shape index (κ2) is 13.9. The standard InChI is InChI=1S/C24H37N3O5/c1-18(2)17-27(32-23-11-7-8-16-31-23)22(29)15-14-21(28)26-20(24(30)25-3)13-12-19-9-5-4-6-10-19/h4-6,9-10,18,20,23H,7-8,11-17H2,1-3H3,(H,25,30)(H,26,28)/t20-,23?/m0/s1. The number of nitrogens with one attached hydrogen (secondary N) is 2. The van der Waals surface area contributed by atoms with E-state index in [0.717, 1.165) is 24.8 Å². The first-order chi connectivity index (χ1) is 15.4. The minimum atomic E-state index is -0.651. The van der Waals surface area contributed by atoms with Gasteiger partial charge in [0.05, 0.1) is 6.54 Å². The van der Waals surface area contributed by atoms with Gasteiger partial charge < -0.3 is 15.4 Å². The predicted octanol–water partition coefficient (Wildman–Crippen LogP) is 2.57. The molecule has 0 radical (unpaired) electrons. The van der Waals surface area contributed by atoms with Gasteiger partial charge in [-0.25, -0.2) is 9.90 Å². The Morgan fingerprint density at radius 1 is 1.16 bits per heavy atom. The Hall–Kier alpha value is -2.45. The zero-order valence-electron chi connectivity index (χ0n) is 19.5. The fourth-order valence-corrected chi connectivity index (χ4v) is 3.48. The zero-order chi connectivity index (χ0) is 23.3. The molecule has 1 aromatic rings. The molecular weight excluding hydrogens is 410 g/mol. The minimum Gasteiger partial charge on any atom is -0.357 e. The van der Waals surface area contributed by atoms with Gasteiger partial charge in [0.2, 0.25) is 17.7 Å². The van der Waals surface area contributed by atoms with Crippen molar-refractivity contribution in [3.63, 3.8) is 0 Å². The van der Waals surface area contributed by atoms with Crippen molar-refractivity contribution >= 4 is 17.7 Å². The lowest BCUT2D eigenvalue weighted by Crippen LogP contribution is -2.46. The lowest BCUT2D eigenvalue weighted by atomic mass is 10.0. The van der Waals surface area contributed by atoms with Crippen LogP contribution in [0.25, 0.3) is 0 Å². The summed E-state index contributed by atoms with van der Waals surface area (Å²) < 4.78 is 5.58. The van der Waals surface area contributed by atoms with Gasteiger partial charge in [0.1, 0.15) is 6.04 Å². The first-order valence-corrected chi connectivity index (χ1v) is 11.5. The van der Waals surface area contributed by atoms with Crippen molar-refractivity contribution in [2.24, 2.45) is 5.92 Å². The van der Waals surface area contributed by atoms with E-state index in [2.05, 4.69) is 10.6 Å². The number of carbonyl (C=O) groups is 3. The molecule has 1 unspecified atom stereocenters. The number of likely N-dealkylation sites (N-methyl/N-ethyl adjacent to an activating group) is 1. The molecule has 1 heterocycles. The lowest BCUT2D eigenvalue weighted by molar-refractivity contribution is -0.282. The third kappa shape index (κ3) is 9.36. The van der Waals surface area contributed by atoms with Crippen molar-refractivity contribution in [3.8, 4) is 0 Å². The van der Waals surface area contributed by atoms with Crippen LogP contribution in [0.15, 0.2) is 30.3 Å². The third-order valence-corrected chi connectivity index (χ3v) is 5.22. The maximum atomic E-state index is 12.7. The van der Waals surface area contributed by atoms with E-state index < -0.39 is 12.3 Å². The van der Waals surface area contributed by atoms with Gasteiger partial charge in [-0.05, 0) is 37.2 Å².